The summed E-state index contributed by atoms with van der Waals surface area (Å²) in [6.45, 7) is 4.93. The van der Waals surface area contributed by atoms with E-state index in [0.29, 0.717) is 28.6 Å². The van der Waals surface area contributed by atoms with Crippen LogP contribution in [-0.4, -0.2) is 36.5 Å². The molecule has 3 rings (SSSR count). The minimum Gasteiger partial charge on any atom is -0.451 e. The van der Waals surface area contributed by atoms with Crippen LogP contribution in [0, 0.1) is 0 Å². The van der Waals surface area contributed by atoms with E-state index in [0.717, 1.165) is 19.5 Å². The third-order valence-corrected chi connectivity index (χ3v) is 5.00. The van der Waals surface area contributed by atoms with Gasteiger partial charge in [0.25, 0.3) is 5.91 Å². The third kappa shape index (κ3) is 4.41. The summed E-state index contributed by atoms with van der Waals surface area (Å²) < 4.78 is 5.54. The summed E-state index contributed by atoms with van der Waals surface area (Å²) >= 11 is 5.89. The normalized spacial score (nSPS) is 18.4. The van der Waals surface area contributed by atoms with Crippen molar-refractivity contribution in [3.63, 3.8) is 0 Å². The Balaban J connectivity index is 1.57. The molecule has 1 aromatic carbocycles. The van der Waals surface area contributed by atoms with Gasteiger partial charge in [-0.05, 0) is 50.9 Å². The topological polar surface area (TPSA) is 62.6 Å². The molecule has 1 N–H and O–H groups in total. The number of halogens is 1. The van der Waals surface area contributed by atoms with Gasteiger partial charge in [-0.1, -0.05) is 18.0 Å². The quantitative estimate of drug-likeness (QED) is 0.827. The van der Waals surface area contributed by atoms with Gasteiger partial charge >= 0.3 is 0 Å². The molecule has 1 saturated heterocycles. The van der Waals surface area contributed by atoms with Crippen molar-refractivity contribution < 1.29 is 9.21 Å². The molecule has 1 aliphatic rings. The van der Waals surface area contributed by atoms with Gasteiger partial charge in [0.1, 0.15) is 5.58 Å². The Labute approximate surface area is 151 Å². The predicted octanol–water partition coefficient (Wildman–Crippen LogP) is 3.44. The Morgan fingerprint density at radius 3 is 3.00 bits per heavy atom. The van der Waals surface area contributed by atoms with Crippen LogP contribution in [0.5, 0.6) is 0 Å². The minimum absolute atomic E-state index is 0.0335. The third-order valence-electron chi connectivity index (χ3n) is 4.76. The number of nitrogens with zero attached hydrogens (tertiary/aromatic N) is 1. The van der Waals surface area contributed by atoms with Crippen molar-refractivity contribution in [1.29, 1.82) is 0 Å². The summed E-state index contributed by atoms with van der Waals surface area (Å²) in [6, 6.07) is 6.63. The summed E-state index contributed by atoms with van der Waals surface area (Å²) in [4.78, 5) is 26.8. The van der Waals surface area contributed by atoms with E-state index >= 15 is 0 Å². The van der Waals surface area contributed by atoms with Gasteiger partial charge in [0, 0.05) is 30.2 Å². The predicted molar refractivity (Wildman–Crippen MR) is 99.3 cm³/mol. The zero-order valence-corrected chi connectivity index (χ0v) is 15.1. The van der Waals surface area contributed by atoms with Gasteiger partial charge in [-0.2, -0.15) is 0 Å². The lowest BCUT2D eigenvalue weighted by Crippen LogP contribution is -2.39. The highest BCUT2D eigenvalue weighted by molar-refractivity contribution is 6.31. The molecule has 6 heteroatoms. The molecule has 1 atom stereocenters. The number of hydrogen-bond donors (Lipinski definition) is 1. The van der Waals surface area contributed by atoms with E-state index in [9.17, 15) is 9.59 Å². The summed E-state index contributed by atoms with van der Waals surface area (Å²) in [5, 5.41) is 3.67. The number of likely N-dealkylation sites (tertiary alicyclic amines) is 1. The standard InChI is InChI=1S/C19H23ClN2O3/c1-13-5-2-3-9-22(13)10-4-8-21-19(24)18-12-16(23)15-11-14(20)6-7-17(15)25-18/h6-7,11-13H,2-5,8-10H2,1H3,(H,21,24)/t13-/m1/s1. The molecule has 1 amide bonds. The Morgan fingerprint density at radius 2 is 2.20 bits per heavy atom. The highest BCUT2D eigenvalue weighted by Gasteiger charge is 2.17. The number of benzene rings is 1. The fourth-order valence-corrected chi connectivity index (χ4v) is 3.47. The van der Waals surface area contributed by atoms with E-state index < -0.39 is 0 Å². The molecule has 0 spiro atoms. The molecule has 1 aromatic heterocycles. The SMILES string of the molecule is C[C@@H]1CCCCN1CCCNC(=O)c1cc(=O)c2cc(Cl)ccc2o1. The van der Waals surface area contributed by atoms with Crippen molar-refractivity contribution in [2.75, 3.05) is 19.6 Å². The van der Waals surface area contributed by atoms with Gasteiger partial charge in [-0.3, -0.25) is 9.59 Å². The minimum atomic E-state index is -0.361. The number of carbonyl (C=O) groups excluding carboxylic acids is 1. The maximum absolute atomic E-state index is 12.2. The first-order valence-electron chi connectivity index (χ1n) is 8.80. The van der Waals surface area contributed by atoms with Crippen LogP contribution in [0.15, 0.2) is 33.5 Å². The van der Waals surface area contributed by atoms with Crippen LogP contribution in [-0.2, 0) is 0 Å². The average Bonchev–Trinajstić information content (AvgIpc) is 2.60. The summed E-state index contributed by atoms with van der Waals surface area (Å²) in [7, 11) is 0. The molecule has 25 heavy (non-hydrogen) atoms. The lowest BCUT2D eigenvalue weighted by molar-refractivity contribution is 0.0922. The molecular weight excluding hydrogens is 340 g/mol. The van der Waals surface area contributed by atoms with Crippen molar-refractivity contribution in [3.05, 3.63) is 45.3 Å². The van der Waals surface area contributed by atoms with Gasteiger partial charge in [0.15, 0.2) is 11.2 Å². The first kappa shape index (κ1) is 18.0. The summed E-state index contributed by atoms with van der Waals surface area (Å²) in [5.74, 6) is -0.327. The van der Waals surface area contributed by atoms with Crippen LogP contribution in [0.4, 0.5) is 0 Å². The van der Waals surface area contributed by atoms with Crippen LogP contribution in [0.2, 0.25) is 5.02 Å². The van der Waals surface area contributed by atoms with Crippen molar-refractivity contribution in [2.45, 2.75) is 38.6 Å². The van der Waals surface area contributed by atoms with Crippen LogP contribution in [0.25, 0.3) is 11.0 Å². The van der Waals surface area contributed by atoms with Crippen LogP contribution >= 0.6 is 11.6 Å². The average molecular weight is 363 g/mol. The van der Waals surface area contributed by atoms with Gasteiger partial charge in [0.2, 0.25) is 0 Å². The molecule has 5 nitrogen and oxygen atoms in total. The second-order valence-electron chi connectivity index (χ2n) is 6.61. The molecule has 1 aliphatic heterocycles. The monoisotopic (exact) mass is 362 g/mol. The van der Waals surface area contributed by atoms with Crippen LogP contribution in [0.3, 0.4) is 0 Å². The second kappa shape index (κ2) is 8.02. The highest BCUT2D eigenvalue weighted by Crippen LogP contribution is 2.18. The van der Waals surface area contributed by atoms with Gasteiger partial charge in [-0.25, -0.2) is 0 Å². The van der Waals surface area contributed by atoms with E-state index in [1.165, 1.54) is 25.3 Å². The van der Waals surface area contributed by atoms with Crippen molar-refractivity contribution in [1.82, 2.24) is 10.2 Å². The van der Waals surface area contributed by atoms with E-state index in [-0.39, 0.29) is 17.1 Å². The number of amides is 1. The van der Waals surface area contributed by atoms with Gasteiger partial charge < -0.3 is 14.6 Å². The fourth-order valence-electron chi connectivity index (χ4n) is 3.30. The maximum Gasteiger partial charge on any atom is 0.287 e. The number of fused-ring (bicyclic) bond motifs is 1. The number of carbonyl (C=O) groups is 1. The molecule has 2 aromatic rings. The van der Waals surface area contributed by atoms with E-state index in [2.05, 4.69) is 17.1 Å². The van der Waals surface area contributed by atoms with Crippen molar-refractivity contribution in [2.24, 2.45) is 0 Å². The Bertz CT molecular complexity index is 818. The molecular formula is C19H23ClN2O3. The first-order chi connectivity index (χ1) is 12.0. The Hall–Kier alpha value is -1.85. The largest absolute Gasteiger partial charge is 0.451 e. The number of rotatable bonds is 5. The second-order valence-corrected chi connectivity index (χ2v) is 7.04. The molecule has 0 aliphatic carbocycles. The summed E-state index contributed by atoms with van der Waals surface area (Å²) in [5.41, 5.74) is 0.0974. The Kier molecular flexibility index (Phi) is 5.76. The first-order valence-corrected chi connectivity index (χ1v) is 9.18. The molecule has 0 radical (unpaired) electrons. The zero-order valence-electron chi connectivity index (χ0n) is 14.4. The number of nitrogens with one attached hydrogen (secondary N) is 1. The molecule has 0 saturated carbocycles. The zero-order chi connectivity index (χ0) is 17.8. The molecule has 0 bridgehead atoms. The van der Waals surface area contributed by atoms with Gasteiger partial charge in [-0.15, -0.1) is 0 Å². The van der Waals surface area contributed by atoms with Crippen molar-refractivity contribution in [3.8, 4) is 0 Å². The number of piperidine rings is 1. The smallest absolute Gasteiger partial charge is 0.287 e. The lowest BCUT2D eigenvalue weighted by atomic mass is 10.0. The fraction of sp³-hybridized carbons (Fsp3) is 0.474. The van der Waals surface area contributed by atoms with Crippen molar-refractivity contribution >= 4 is 28.5 Å². The van der Waals surface area contributed by atoms with Crippen LogP contribution < -0.4 is 10.7 Å². The molecule has 1 fully saturated rings. The van der Waals surface area contributed by atoms with Crippen LogP contribution in [0.1, 0.15) is 43.2 Å². The van der Waals surface area contributed by atoms with Gasteiger partial charge in [0.05, 0.1) is 5.39 Å². The molecule has 0 unspecified atom stereocenters. The van der Waals surface area contributed by atoms with E-state index in [1.54, 1.807) is 18.2 Å². The van der Waals surface area contributed by atoms with E-state index in [1.807, 2.05) is 0 Å². The lowest BCUT2D eigenvalue weighted by Gasteiger charge is -2.33. The number of hydrogen-bond acceptors (Lipinski definition) is 4. The highest BCUT2D eigenvalue weighted by atomic mass is 35.5. The summed E-state index contributed by atoms with van der Waals surface area (Å²) in [6.07, 6.45) is 4.69. The maximum atomic E-state index is 12.2. The molecule has 2 heterocycles. The Morgan fingerprint density at radius 1 is 1.36 bits per heavy atom. The molecule has 134 valence electrons. The van der Waals surface area contributed by atoms with E-state index in [4.69, 9.17) is 16.0 Å².